The first-order chi connectivity index (χ1) is 13.7. The summed E-state index contributed by atoms with van der Waals surface area (Å²) in [7, 11) is 0. The molecule has 1 aromatic heterocycles. The van der Waals surface area contributed by atoms with Gasteiger partial charge in [-0.15, -0.1) is 12.4 Å². The third kappa shape index (κ3) is 4.28. The molecule has 29 heavy (non-hydrogen) atoms. The summed E-state index contributed by atoms with van der Waals surface area (Å²) in [6, 6.07) is 7.27. The highest BCUT2D eigenvalue weighted by molar-refractivity contribution is 5.85. The number of hydrogen-bond acceptors (Lipinski definition) is 3. The molecular formula is C23H34ClN3O2. The smallest absolute Gasteiger partial charge is 0.326 e. The van der Waals surface area contributed by atoms with E-state index in [1.165, 1.54) is 50.5 Å². The van der Waals surface area contributed by atoms with Crippen LogP contribution >= 0.6 is 12.4 Å². The van der Waals surface area contributed by atoms with E-state index in [2.05, 4.69) is 28.9 Å². The molecule has 0 atom stereocenters. The summed E-state index contributed by atoms with van der Waals surface area (Å²) in [6.45, 7) is 4.30. The average Bonchev–Trinajstić information content (AvgIpc) is 3.00. The predicted molar refractivity (Wildman–Crippen MR) is 119 cm³/mol. The first-order valence-corrected chi connectivity index (χ1v) is 11.3. The number of piperidine rings is 1. The van der Waals surface area contributed by atoms with Crippen molar-refractivity contribution in [1.29, 1.82) is 0 Å². The number of H-pyrrole nitrogens is 1. The zero-order valence-corrected chi connectivity index (χ0v) is 18.3. The van der Waals surface area contributed by atoms with Gasteiger partial charge in [0, 0.05) is 25.2 Å². The molecule has 0 radical (unpaired) electrons. The zero-order chi connectivity index (χ0) is 19.1. The molecule has 1 N–H and O–H groups in total. The quantitative estimate of drug-likeness (QED) is 0.789. The van der Waals surface area contributed by atoms with Gasteiger partial charge >= 0.3 is 5.69 Å². The Hall–Kier alpha value is -1.30. The fourth-order valence-electron chi connectivity index (χ4n) is 5.43. The third-order valence-corrected chi connectivity index (χ3v) is 7.33. The zero-order valence-electron chi connectivity index (χ0n) is 17.4. The number of benzene rings is 1. The van der Waals surface area contributed by atoms with Gasteiger partial charge in [0.15, 0.2) is 0 Å². The first kappa shape index (κ1) is 21.0. The topological polar surface area (TPSA) is 50.3 Å². The van der Waals surface area contributed by atoms with Crippen LogP contribution in [0.2, 0.25) is 0 Å². The number of likely N-dealkylation sites (tertiary alicyclic amines) is 1. The average molecular weight is 420 g/mol. The molecule has 0 amide bonds. The second-order valence-electron chi connectivity index (χ2n) is 9.21. The molecule has 0 unspecified atom stereocenters. The van der Waals surface area contributed by atoms with Crippen molar-refractivity contribution in [2.45, 2.75) is 89.0 Å². The monoisotopic (exact) mass is 419 g/mol. The Balaban J connectivity index is 0.00000205. The molecular weight excluding hydrogens is 386 g/mol. The van der Waals surface area contributed by atoms with Crippen LogP contribution in [0.1, 0.15) is 69.4 Å². The second kappa shape index (κ2) is 8.83. The normalized spacial score (nSPS) is 26.9. The van der Waals surface area contributed by atoms with Crippen LogP contribution in [0, 0.1) is 6.92 Å². The van der Waals surface area contributed by atoms with E-state index in [1.807, 2.05) is 10.6 Å². The Bertz CT molecular complexity index is 872. The van der Waals surface area contributed by atoms with Gasteiger partial charge in [0.1, 0.15) is 0 Å². The molecule has 5 nitrogen and oxygen atoms in total. The number of nitrogens with zero attached hydrogens (tertiary/aromatic N) is 2. The molecule has 2 aromatic rings. The Labute approximate surface area is 179 Å². The van der Waals surface area contributed by atoms with Crippen molar-refractivity contribution in [1.82, 2.24) is 14.5 Å². The molecule has 1 saturated heterocycles. The summed E-state index contributed by atoms with van der Waals surface area (Å²) in [5.41, 5.74) is 3.28. The molecule has 5 rings (SSSR count). The van der Waals surface area contributed by atoms with Crippen molar-refractivity contribution in [2.24, 2.45) is 0 Å². The summed E-state index contributed by atoms with van der Waals surface area (Å²) >= 11 is 0. The summed E-state index contributed by atoms with van der Waals surface area (Å²) in [5.74, 6) is 0. The lowest BCUT2D eigenvalue weighted by molar-refractivity contribution is -0.0737. The number of halogens is 1. The van der Waals surface area contributed by atoms with E-state index >= 15 is 0 Å². The molecule has 2 heterocycles. The van der Waals surface area contributed by atoms with Crippen molar-refractivity contribution >= 4 is 23.4 Å². The minimum Gasteiger partial charge on any atom is -0.375 e. The van der Waals surface area contributed by atoms with Crippen molar-refractivity contribution in [3.8, 4) is 0 Å². The van der Waals surface area contributed by atoms with Gasteiger partial charge in [0.05, 0.1) is 23.2 Å². The van der Waals surface area contributed by atoms with Crippen LogP contribution in [0.3, 0.4) is 0 Å². The lowest BCUT2D eigenvalue weighted by atomic mass is 9.89. The molecule has 3 fully saturated rings. The maximum absolute atomic E-state index is 12.6. The molecule has 1 aromatic carbocycles. The number of hydrogen-bond donors (Lipinski definition) is 1. The van der Waals surface area contributed by atoms with Crippen LogP contribution in [0.4, 0.5) is 0 Å². The number of rotatable bonds is 4. The van der Waals surface area contributed by atoms with Gasteiger partial charge in [-0.25, -0.2) is 4.79 Å². The number of nitrogens with one attached hydrogen (secondary N) is 1. The van der Waals surface area contributed by atoms with E-state index in [0.29, 0.717) is 24.3 Å². The summed E-state index contributed by atoms with van der Waals surface area (Å²) in [6.07, 6.45) is 12.1. The molecule has 1 aliphatic heterocycles. The van der Waals surface area contributed by atoms with Crippen LogP contribution in [0.5, 0.6) is 0 Å². The maximum Gasteiger partial charge on any atom is 0.326 e. The van der Waals surface area contributed by atoms with Crippen LogP contribution in [-0.2, 0) is 4.74 Å². The predicted octanol–water partition coefficient (Wildman–Crippen LogP) is 4.58. The standard InChI is InChI=1S/C23H33N3O2.ClH/c1-16-5-10-21-22(15-16)26(23(27)24-21)18-11-13-25(14-12-18)17-6-8-20(9-7-17)28-19-3-2-4-19;/h5,10,15,17-20H,2-4,6-9,11-14H2,1H3,(H,24,27);1H. The van der Waals surface area contributed by atoms with Crippen LogP contribution in [0.25, 0.3) is 11.0 Å². The van der Waals surface area contributed by atoms with Gasteiger partial charge in [-0.05, 0) is 82.4 Å². The molecule has 6 heteroatoms. The van der Waals surface area contributed by atoms with E-state index in [-0.39, 0.29) is 18.1 Å². The molecule has 3 aliphatic rings. The molecule has 160 valence electrons. The van der Waals surface area contributed by atoms with E-state index in [0.717, 1.165) is 37.0 Å². The number of ether oxygens (including phenoxy) is 1. The Morgan fingerprint density at radius 2 is 1.62 bits per heavy atom. The maximum atomic E-state index is 12.6. The summed E-state index contributed by atoms with van der Waals surface area (Å²) in [4.78, 5) is 18.3. The number of aryl methyl sites for hydroxylation is 1. The molecule has 0 spiro atoms. The van der Waals surface area contributed by atoms with E-state index in [1.54, 1.807) is 0 Å². The Morgan fingerprint density at radius 1 is 0.931 bits per heavy atom. The van der Waals surface area contributed by atoms with Crippen LogP contribution < -0.4 is 5.69 Å². The second-order valence-corrected chi connectivity index (χ2v) is 9.21. The Morgan fingerprint density at radius 3 is 2.28 bits per heavy atom. The highest BCUT2D eigenvalue weighted by Crippen LogP contribution is 2.33. The van der Waals surface area contributed by atoms with Gasteiger partial charge in [-0.2, -0.15) is 0 Å². The number of aromatic amines is 1. The van der Waals surface area contributed by atoms with Gasteiger partial charge in [-0.3, -0.25) is 4.57 Å². The highest BCUT2D eigenvalue weighted by atomic mass is 35.5. The number of imidazole rings is 1. The minimum atomic E-state index is 0. The van der Waals surface area contributed by atoms with Gasteiger partial charge in [-0.1, -0.05) is 6.07 Å². The molecule has 0 bridgehead atoms. The SMILES string of the molecule is Cc1ccc2[nH]c(=O)n(C3CCN(C4CCC(OC5CCC5)CC4)CC3)c2c1.Cl. The minimum absolute atomic E-state index is 0. The van der Waals surface area contributed by atoms with Crippen molar-refractivity contribution < 1.29 is 4.74 Å². The Kier molecular flexibility index (Phi) is 6.38. The van der Waals surface area contributed by atoms with Gasteiger partial charge in [0.2, 0.25) is 0 Å². The lowest BCUT2D eigenvalue weighted by Gasteiger charge is -2.42. The fourth-order valence-corrected chi connectivity index (χ4v) is 5.43. The first-order valence-electron chi connectivity index (χ1n) is 11.3. The van der Waals surface area contributed by atoms with Gasteiger partial charge in [0.25, 0.3) is 0 Å². The summed E-state index contributed by atoms with van der Waals surface area (Å²) in [5, 5.41) is 0. The van der Waals surface area contributed by atoms with E-state index in [9.17, 15) is 4.79 Å². The molecule has 2 saturated carbocycles. The number of aromatic nitrogens is 2. The van der Waals surface area contributed by atoms with Crippen LogP contribution in [-0.4, -0.2) is 45.8 Å². The van der Waals surface area contributed by atoms with Gasteiger partial charge < -0.3 is 14.6 Å². The fraction of sp³-hybridized carbons (Fsp3) is 0.696. The number of fused-ring (bicyclic) bond motifs is 1. The van der Waals surface area contributed by atoms with Crippen LogP contribution in [0.15, 0.2) is 23.0 Å². The largest absolute Gasteiger partial charge is 0.375 e. The summed E-state index contributed by atoms with van der Waals surface area (Å²) < 4.78 is 8.25. The van der Waals surface area contributed by atoms with E-state index in [4.69, 9.17) is 4.74 Å². The van der Waals surface area contributed by atoms with Crippen molar-refractivity contribution in [3.63, 3.8) is 0 Å². The lowest BCUT2D eigenvalue weighted by Crippen LogP contribution is -2.45. The third-order valence-electron chi connectivity index (χ3n) is 7.33. The van der Waals surface area contributed by atoms with E-state index < -0.39 is 0 Å². The van der Waals surface area contributed by atoms with Crippen molar-refractivity contribution in [3.05, 3.63) is 34.2 Å². The van der Waals surface area contributed by atoms with Crippen molar-refractivity contribution in [2.75, 3.05) is 13.1 Å². The molecule has 2 aliphatic carbocycles. The highest BCUT2D eigenvalue weighted by Gasteiger charge is 2.32.